The van der Waals surface area contributed by atoms with Crippen LogP contribution in [0.1, 0.15) is 45.7 Å². The highest BCUT2D eigenvalue weighted by molar-refractivity contribution is 5.66. The zero-order chi connectivity index (χ0) is 15.0. The van der Waals surface area contributed by atoms with E-state index in [0.29, 0.717) is 11.8 Å². The maximum atomic E-state index is 10.7. The summed E-state index contributed by atoms with van der Waals surface area (Å²) in [5, 5.41) is 12.1. The highest BCUT2D eigenvalue weighted by Gasteiger charge is 2.14. The summed E-state index contributed by atoms with van der Waals surface area (Å²) in [7, 11) is 0. The van der Waals surface area contributed by atoms with Gasteiger partial charge in [-0.05, 0) is 31.1 Å². The molecule has 2 N–H and O–H groups in total. The number of carboxylic acids is 1. The van der Waals surface area contributed by atoms with E-state index < -0.39 is 5.97 Å². The molecule has 0 aliphatic carbocycles. The first-order chi connectivity index (χ1) is 9.52. The van der Waals surface area contributed by atoms with Gasteiger partial charge in [-0.3, -0.25) is 4.79 Å². The maximum absolute atomic E-state index is 10.7. The molecule has 0 fully saturated rings. The van der Waals surface area contributed by atoms with Gasteiger partial charge < -0.3 is 10.4 Å². The Labute approximate surface area is 120 Å². The quantitative estimate of drug-likeness (QED) is 0.727. The molecule has 0 spiro atoms. The average Bonchev–Trinajstić information content (AvgIpc) is 2.42. The van der Waals surface area contributed by atoms with Gasteiger partial charge in [0, 0.05) is 24.7 Å². The third-order valence-corrected chi connectivity index (χ3v) is 3.58. The van der Waals surface area contributed by atoms with Crippen LogP contribution in [0.2, 0.25) is 0 Å². The molecule has 5 nitrogen and oxygen atoms in total. The van der Waals surface area contributed by atoms with E-state index in [-0.39, 0.29) is 6.42 Å². The molecule has 1 unspecified atom stereocenters. The predicted molar refractivity (Wildman–Crippen MR) is 79.7 cm³/mol. The fraction of sp³-hybridized carbons (Fsp3) is 0.667. The number of carbonyl (C=O) groups is 1. The number of hydrogen-bond acceptors (Lipinski definition) is 4. The Balaban J connectivity index is 2.41. The second kappa shape index (κ2) is 8.51. The first kappa shape index (κ1) is 16.4. The molecule has 5 heteroatoms. The van der Waals surface area contributed by atoms with Crippen molar-refractivity contribution in [3.63, 3.8) is 0 Å². The minimum absolute atomic E-state index is 0.246. The van der Waals surface area contributed by atoms with Gasteiger partial charge in [0.05, 0.1) is 0 Å². The molecule has 0 amide bonds. The van der Waals surface area contributed by atoms with Crippen molar-refractivity contribution in [2.45, 2.75) is 46.5 Å². The van der Waals surface area contributed by atoms with Gasteiger partial charge in [0.1, 0.15) is 12.1 Å². The zero-order valence-electron chi connectivity index (χ0n) is 12.6. The van der Waals surface area contributed by atoms with Gasteiger partial charge in [-0.1, -0.05) is 20.8 Å². The van der Waals surface area contributed by atoms with Crippen LogP contribution in [0.4, 0.5) is 5.82 Å². The largest absolute Gasteiger partial charge is 0.481 e. The number of carboxylic acid groups (broad SMARTS) is 1. The Morgan fingerprint density at radius 1 is 1.35 bits per heavy atom. The van der Waals surface area contributed by atoms with Crippen molar-refractivity contribution in [1.82, 2.24) is 9.97 Å². The summed E-state index contributed by atoms with van der Waals surface area (Å²) in [5.41, 5.74) is 1.02. The Kier molecular flexibility index (Phi) is 6.98. The van der Waals surface area contributed by atoms with Crippen molar-refractivity contribution in [3.05, 3.63) is 18.1 Å². The van der Waals surface area contributed by atoms with Crippen LogP contribution < -0.4 is 5.32 Å². The number of aromatic nitrogens is 2. The minimum atomic E-state index is -0.716. The van der Waals surface area contributed by atoms with E-state index in [4.69, 9.17) is 5.11 Å². The molecule has 1 aromatic rings. The van der Waals surface area contributed by atoms with Crippen LogP contribution in [0.25, 0.3) is 0 Å². The highest BCUT2D eigenvalue weighted by atomic mass is 16.4. The highest BCUT2D eigenvalue weighted by Crippen LogP contribution is 2.21. The third-order valence-electron chi connectivity index (χ3n) is 3.58. The summed E-state index contributed by atoms with van der Waals surface area (Å²) in [6.07, 6.45) is 4.40. The van der Waals surface area contributed by atoms with Gasteiger partial charge in [-0.2, -0.15) is 0 Å². The molecule has 1 atom stereocenters. The SMILES string of the molecule is CCc1cc(NCCC(CCC(=O)O)C(C)C)ncn1. The summed E-state index contributed by atoms with van der Waals surface area (Å²) in [4.78, 5) is 19.0. The van der Waals surface area contributed by atoms with Crippen molar-refractivity contribution in [2.24, 2.45) is 11.8 Å². The molecule has 0 saturated heterocycles. The van der Waals surface area contributed by atoms with Gasteiger partial charge in [-0.25, -0.2) is 9.97 Å². The molecular weight excluding hydrogens is 254 g/mol. The molecule has 1 aromatic heterocycles. The molecule has 0 radical (unpaired) electrons. The van der Waals surface area contributed by atoms with Crippen molar-refractivity contribution in [2.75, 3.05) is 11.9 Å². The lowest BCUT2D eigenvalue weighted by Gasteiger charge is -2.20. The Morgan fingerprint density at radius 2 is 2.10 bits per heavy atom. The van der Waals surface area contributed by atoms with Crippen molar-refractivity contribution >= 4 is 11.8 Å². The molecule has 0 aromatic carbocycles. The maximum Gasteiger partial charge on any atom is 0.303 e. The van der Waals surface area contributed by atoms with Crippen LogP contribution in [-0.4, -0.2) is 27.6 Å². The Bertz CT molecular complexity index is 421. The number of nitrogens with one attached hydrogen (secondary N) is 1. The number of aryl methyl sites for hydroxylation is 1. The first-order valence-corrected chi connectivity index (χ1v) is 7.29. The minimum Gasteiger partial charge on any atom is -0.481 e. The number of nitrogens with zero attached hydrogens (tertiary/aromatic N) is 2. The van der Waals surface area contributed by atoms with Gasteiger partial charge in [0.15, 0.2) is 0 Å². The van der Waals surface area contributed by atoms with Gasteiger partial charge in [0.25, 0.3) is 0 Å². The smallest absolute Gasteiger partial charge is 0.303 e. The van der Waals surface area contributed by atoms with Crippen LogP contribution in [0, 0.1) is 11.8 Å². The third kappa shape index (κ3) is 5.99. The molecule has 20 heavy (non-hydrogen) atoms. The van der Waals surface area contributed by atoms with E-state index in [0.717, 1.165) is 37.3 Å². The standard InChI is InChI=1S/C15H25N3O2/c1-4-13-9-14(18-10-17-13)16-8-7-12(11(2)3)5-6-15(19)20/h9-12H,4-8H2,1-3H3,(H,19,20)(H,16,17,18). The van der Waals surface area contributed by atoms with Crippen molar-refractivity contribution < 1.29 is 9.90 Å². The molecule has 1 rings (SSSR count). The van der Waals surface area contributed by atoms with Crippen LogP contribution >= 0.6 is 0 Å². The fourth-order valence-corrected chi connectivity index (χ4v) is 2.19. The lowest BCUT2D eigenvalue weighted by atomic mass is 9.88. The molecular formula is C15H25N3O2. The van der Waals surface area contributed by atoms with Gasteiger partial charge in [-0.15, -0.1) is 0 Å². The molecule has 0 aliphatic rings. The zero-order valence-corrected chi connectivity index (χ0v) is 12.6. The number of rotatable bonds is 9. The topological polar surface area (TPSA) is 75.1 Å². The summed E-state index contributed by atoms with van der Waals surface area (Å²) >= 11 is 0. The molecule has 0 bridgehead atoms. The summed E-state index contributed by atoms with van der Waals surface area (Å²) in [5.74, 6) is 1.04. The summed E-state index contributed by atoms with van der Waals surface area (Å²) in [6.45, 7) is 7.16. The predicted octanol–water partition coefficient (Wildman–Crippen LogP) is 2.98. The number of hydrogen-bond donors (Lipinski definition) is 2. The summed E-state index contributed by atoms with van der Waals surface area (Å²) in [6, 6.07) is 1.96. The molecule has 112 valence electrons. The average molecular weight is 279 g/mol. The Hall–Kier alpha value is -1.65. The normalized spacial score (nSPS) is 12.4. The van der Waals surface area contributed by atoms with E-state index in [1.165, 1.54) is 0 Å². The van der Waals surface area contributed by atoms with Gasteiger partial charge >= 0.3 is 5.97 Å². The molecule has 0 saturated carbocycles. The molecule has 1 heterocycles. The van der Waals surface area contributed by atoms with E-state index >= 15 is 0 Å². The van der Waals surface area contributed by atoms with E-state index in [2.05, 4.69) is 36.1 Å². The van der Waals surface area contributed by atoms with E-state index in [9.17, 15) is 4.79 Å². The lowest BCUT2D eigenvalue weighted by Crippen LogP contribution is -2.16. The first-order valence-electron chi connectivity index (χ1n) is 7.29. The number of anilines is 1. The lowest BCUT2D eigenvalue weighted by molar-refractivity contribution is -0.137. The van der Waals surface area contributed by atoms with Crippen LogP contribution in [-0.2, 0) is 11.2 Å². The van der Waals surface area contributed by atoms with E-state index in [1.807, 2.05) is 6.07 Å². The van der Waals surface area contributed by atoms with Crippen molar-refractivity contribution in [1.29, 1.82) is 0 Å². The van der Waals surface area contributed by atoms with Gasteiger partial charge in [0.2, 0.25) is 0 Å². The monoisotopic (exact) mass is 279 g/mol. The number of aliphatic carboxylic acids is 1. The van der Waals surface area contributed by atoms with Crippen LogP contribution in [0.15, 0.2) is 12.4 Å². The second-order valence-corrected chi connectivity index (χ2v) is 5.40. The van der Waals surface area contributed by atoms with Crippen LogP contribution in [0.3, 0.4) is 0 Å². The second-order valence-electron chi connectivity index (χ2n) is 5.40. The Morgan fingerprint density at radius 3 is 2.70 bits per heavy atom. The molecule has 0 aliphatic heterocycles. The fourth-order valence-electron chi connectivity index (χ4n) is 2.19. The van der Waals surface area contributed by atoms with Crippen LogP contribution in [0.5, 0.6) is 0 Å². The summed E-state index contributed by atoms with van der Waals surface area (Å²) < 4.78 is 0. The van der Waals surface area contributed by atoms with E-state index in [1.54, 1.807) is 6.33 Å². The van der Waals surface area contributed by atoms with Crippen molar-refractivity contribution in [3.8, 4) is 0 Å².